The van der Waals surface area contributed by atoms with E-state index in [0.29, 0.717) is 0 Å². The lowest BCUT2D eigenvalue weighted by molar-refractivity contribution is 1.20. The van der Waals surface area contributed by atoms with Crippen molar-refractivity contribution in [1.29, 1.82) is 0 Å². The maximum atomic E-state index is 2.45. The summed E-state index contributed by atoms with van der Waals surface area (Å²) in [4.78, 5) is 0. The van der Waals surface area contributed by atoms with Gasteiger partial charge in [-0.2, -0.15) is 0 Å². The van der Waals surface area contributed by atoms with Crippen molar-refractivity contribution >= 4 is 195 Å². The summed E-state index contributed by atoms with van der Waals surface area (Å²) in [6, 6.07) is 185. The highest BCUT2D eigenvalue weighted by atomic mass is 15.0. The van der Waals surface area contributed by atoms with Crippen LogP contribution in [0, 0.1) is 0 Å². The fraction of sp³-hybridized carbons (Fsp3) is 0. The second kappa shape index (κ2) is 31.5. The molecule has 3 heterocycles. The summed E-state index contributed by atoms with van der Waals surface area (Å²) in [5.41, 5.74) is 23.5. The number of aromatic nitrogens is 3. The zero-order valence-electron chi connectivity index (χ0n) is 73.8. The number of para-hydroxylation sites is 3. The van der Waals surface area contributed by atoms with Gasteiger partial charge in [0.05, 0.1) is 50.2 Å². The molecular weight excluding hydrogens is 1630 g/mol. The molecule has 0 aliphatic carbocycles. The first-order valence-corrected chi connectivity index (χ1v) is 46.7. The van der Waals surface area contributed by atoms with E-state index in [4.69, 9.17) is 0 Å². The summed E-state index contributed by atoms with van der Waals surface area (Å²) in [7, 11) is 0. The van der Waals surface area contributed by atoms with Gasteiger partial charge in [-0.3, -0.25) is 0 Å². The average molecular weight is 1710 g/mol. The summed E-state index contributed by atoms with van der Waals surface area (Å²) >= 11 is 0. The van der Waals surface area contributed by atoms with E-state index in [1.165, 1.54) is 267 Å². The smallest absolute Gasteiger partial charge is 0.0547 e. The molecule has 0 aliphatic heterocycles. The third-order valence-electron chi connectivity index (χ3n) is 28.6. The molecule has 0 saturated heterocycles. The Hall–Kier alpha value is -17.8. The Morgan fingerprint density at radius 3 is 0.830 bits per heavy atom. The minimum absolute atomic E-state index is 1.21. The van der Waals surface area contributed by atoms with Gasteiger partial charge in [0.25, 0.3) is 0 Å². The number of fused-ring (bicyclic) bond motifs is 25. The molecule has 0 atom stereocenters. The molecule has 3 nitrogen and oxygen atoms in total. The van der Waals surface area contributed by atoms with Crippen LogP contribution in [0.1, 0.15) is 0 Å². The third kappa shape index (κ3) is 12.9. The zero-order chi connectivity index (χ0) is 88.7. The molecule has 0 saturated carbocycles. The van der Waals surface area contributed by atoms with Gasteiger partial charge in [0.1, 0.15) is 0 Å². The van der Waals surface area contributed by atoms with Gasteiger partial charge in [0.15, 0.2) is 0 Å². The van der Waals surface area contributed by atoms with Gasteiger partial charge in [-0.15, -0.1) is 0 Å². The van der Waals surface area contributed by atoms with Crippen LogP contribution in [-0.4, -0.2) is 13.7 Å². The maximum absolute atomic E-state index is 2.45. The molecule has 135 heavy (non-hydrogen) atoms. The monoisotopic (exact) mass is 1710 g/mol. The highest BCUT2D eigenvalue weighted by molar-refractivity contribution is 6.26. The van der Waals surface area contributed by atoms with Crippen molar-refractivity contribution in [1.82, 2.24) is 13.7 Å². The Labute approximate surface area is 779 Å². The molecule has 0 bridgehead atoms. The summed E-state index contributed by atoms with van der Waals surface area (Å²) in [6.45, 7) is 0. The van der Waals surface area contributed by atoms with E-state index in [9.17, 15) is 0 Å². The van der Waals surface area contributed by atoms with E-state index in [0.717, 1.165) is 0 Å². The van der Waals surface area contributed by atoms with Crippen LogP contribution in [-0.2, 0) is 0 Å². The van der Waals surface area contributed by atoms with Crippen molar-refractivity contribution in [3.8, 4) is 72.7 Å². The van der Waals surface area contributed by atoms with Crippen LogP contribution in [0.15, 0.2) is 504 Å². The van der Waals surface area contributed by atoms with Gasteiger partial charge in [-0.1, -0.05) is 394 Å². The van der Waals surface area contributed by atoms with Crippen molar-refractivity contribution in [2.45, 2.75) is 0 Å². The molecule has 0 N–H and O–H groups in total. The standard InChI is InChI=1S/2C46H29N.C40H25N/c1-3-13-38-31(9-1)11-7-16-39(38)35-22-20-30-19-21-33(28-37(30)29-35)34-23-25-41-36(27-34)24-26-45-46(41)42-15-5-6-17-44(42)47(45)43-18-8-12-32-10-2-4-14-40(32)43;1-2-10-33-26-34(19-16-30(33)8-1)35-20-17-31-18-21-36(29-39(31)28-35)37-22-24-41-38(27-37)23-25-45-46(41)42-13-5-6-14-44(42)47(45)43-15-7-11-32-9-3-4-12-40(32)43;1-4-14-31-26(10-1)12-9-19-37(31)41-38-18-8-7-17-34(38)40-36-25-29(21-20-27(36)22-23-39(40)41)35-24-28-11-2-3-13-30(28)32-15-5-6-16-33(32)35/h2*1-29H;1-25H. The Morgan fingerprint density at radius 1 is 0.104 bits per heavy atom. The molecule has 26 aromatic carbocycles. The zero-order valence-corrected chi connectivity index (χ0v) is 73.8. The van der Waals surface area contributed by atoms with Gasteiger partial charge < -0.3 is 13.7 Å². The van der Waals surface area contributed by atoms with Crippen molar-refractivity contribution in [3.63, 3.8) is 0 Å². The average Bonchev–Trinajstić information content (AvgIpc) is 1.59. The van der Waals surface area contributed by atoms with E-state index in [2.05, 4.69) is 517 Å². The molecule has 29 aromatic rings. The molecule has 29 rings (SSSR count). The topological polar surface area (TPSA) is 14.8 Å². The first-order chi connectivity index (χ1) is 66.9. The van der Waals surface area contributed by atoms with Crippen LogP contribution in [0.2, 0.25) is 0 Å². The summed E-state index contributed by atoms with van der Waals surface area (Å²) in [6.07, 6.45) is 0. The fourth-order valence-corrected chi connectivity index (χ4v) is 22.2. The Balaban J connectivity index is 0.000000103. The molecule has 3 heteroatoms. The van der Waals surface area contributed by atoms with Crippen LogP contribution in [0.25, 0.3) is 267 Å². The van der Waals surface area contributed by atoms with Gasteiger partial charge in [-0.25, -0.2) is 0 Å². The molecule has 0 unspecified atom stereocenters. The Kier molecular flexibility index (Phi) is 18.0. The molecule has 3 aromatic heterocycles. The second-order valence-corrected chi connectivity index (χ2v) is 36.1. The molecule has 0 aliphatic rings. The van der Waals surface area contributed by atoms with E-state index in [1.54, 1.807) is 0 Å². The molecule has 0 spiro atoms. The fourth-order valence-electron chi connectivity index (χ4n) is 22.2. The lowest BCUT2D eigenvalue weighted by Gasteiger charge is -2.13. The number of hydrogen-bond donors (Lipinski definition) is 0. The van der Waals surface area contributed by atoms with Crippen molar-refractivity contribution in [2.75, 3.05) is 0 Å². The largest absolute Gasteiger partial charge is 0.309 e. The molecule has 0 fully saturated rings. The summed E-state index contributed by atoms with van der Waals surface area (Å²) in [5, 5.41) is 38.1. The predicted octanol–water partition coefficient (Wildman–Crippen LogP) is 36.5. The van der Waals surface area contributed by atoms with E-state index >= 15 is 0 Å². The van der Waals surface area contributed by atoms with Crippen LogP contribution in [0.5, 0.6) is 0 Å². The quantitative estimate of drug-likeness (QED) is 0.135. The summed E-state index contributed by atoms with van der Waals surface area (Å²) in [5.74, 6) is 0. The third-order valence-corrected chi connectivity index (χ3v) is 28.6. The molecule has 0 radical (unpaired) electrons. The van der Waals surface area contributed by atoms with Crippen LogP contribution in [0.3, 0.4) is 0 Å². The predicted molar refractivity (Wildman–Crippen MR) is 580 cm³/mol. The summed E-state index contributed by atoms with van der Waals surface area (Å²) < 4.78 is 7.33. The number of rotatable bonds is 8. The van der Waals surface area contributed by atoms with Gasteiger partial charge in [-0.05, 0) is 278 Å². The van der Waals surface area contributed by atoms with Crippen LogP contribution >= 0.6 is 0 Å². The molecule has 626 valence electrons. The Morgan fingerprint density at radius 2 is 0.370 bits per heavy atom. The normalized spacial score (nSPS) is 11.9. The molecular formula is C132H83N3. The lowest BCUT2D eigenvalue weighted by atomic mass is 9.91. The van der Waals surface area contributed by atoms with E-state index in [1.807, 2.05) is 0 Å². The minimum Gasteiger partial charge on any atom is -0.309 e. The molecule has 0 amide bonds. The Bertz CT molecular complexity index is 9960. The lowest BCUT2D eigenvalue weighted by Crippen LogP contribution is -1.95. The van der Waals surface area contributed by atoms with Crippen LogP contribution in [0.4, 0.5) is 0 Å². The van der Waals surface area contributed by atoms with Gasteiger partial charge in [0.2, 0.25) is 0 Å². The van der Waals surface area contributed by atoms with Crippen molar-refractivity contribution in [2.24, 2.45) is 0 Å². The second-order valence-electron chi connectivity index (χ2n) is 36.1. The number of hydrogen-bond acceptors (Lipinski definition) is 0. The highest BCUT2D eigenvalue weighted by Crippen LogP contribution is 2.47. The van der Waals surface area contributed by atoms with E-state index < -0.39 is 0 Å². The SMILES string of the molecule is c1ccc2c(-c3ccc4ccc(-c5ccc6c(ccc7c6c6ccccc6n7-c6cccc7ccccc67)c5)cc4c3)cccc2c1.c1ccc2c(-n3c4ccccc4c4c5cc(-c6cc7ccccc7c7ccccc67)ccc5ccc43)cccc2c1.c1ccc2cc(-c3ccc4ccc(-c5ccc6c(ccc7c6c6ccccc6n7-c6cccc7ccccc67)c5)cc4c3)ccc2c1. The minimum atomic E-state index is 1.21. The first kappa shape index (κ1) is 77.2. The number of benzene rings is 26. The van der Waals surface area contributed by atoms with E-state index in [-0.39, 0.29) is 0 Å². The maximum Gasteiger partial charge on any atom is 0.0547 e. The highest BCUT2D eigenvalue weighted by Gasteiger charge is 2.23. The van der Waals surface area contributed by atoms with Crippen LogP contribution < -0.4 is 0 Å². The number of nitrogens with zero attached hydrogens (tertiary/aromatic N) is 3. The van der Waals surface area contributed by atoms with Crippen molar-refractivity contribution in [3.05, 3.63) is 504 Å². The van der Waals surface area contributed by atoms with Gasteiger partial charge >= 0.3 is 0 Å². The first-order valence-electron chi connectivity index (χ1n) is 46.7. The van der Waals surface area contributed by atoms with Gasteiger partial charge in [0, 0.05) is 48.5 Å². The van der Waals surface area contributed by atoms with Crippen molar-refractivity contribution < 1.29 is 0 Å².